The standard InChI is InChI=1S/C24H36N4O12S4/c1-37-21(33)13-9-41-42-10-14(22(34)38-2)26-19(31)7-8-20(32)28-16(24(36)40-4)12-44-43-11-15(23(35)39-3)27-18(30)6-5-17(29)25-13/h13-16H,5-12H2,1-4H3,(H,25,29)(H,26,31)(H,27,30)(H,28,32)/t13-,14-,15-,16-/m0/s1. The number of carbonyl (C=O) groups is 8. The molecule has 0 unspecified atom stereocenters. The summed E-state index contributed by atoms with van der Waals surface area (Å²) in [5.41, 5.74) is 0. The Morgan fingerprint density at radius 1 is 0.455 bits per heavy atom. The van der Waals surface area contributed by atoms with E-state index in [0.717, 1.165) is 71.6 Å². The van der Waals surface area contributed by atoms with E-state index in [1.165, 1.54) is 0 Å². The number of ether oxygens (including phenoxy) is 4. The highest BCUT2D eigenvalue weighted by atomic mass is 33.1. The van der Waals surface area contributed by atoms with Gasteiger partial charge >= 0.3 is 23.9 Å². The lowest BCUT2D eigenvalue weighted by Gasteiger charge is -2.19. The van der Waals surface area contributed by atoms with Crippen LogP contribution in [0.25, 0.3) is 0 Å². The fraction of sp³-hybridized carbons (Fsp3) is 0.667. The lowest BCUT2D eigenvalue weighted by atomic mass is 10.2. The van der Waals surface area contributed by atoms with Gasteiger partial charge < -0.3 is 40.2 Å². The fourth-order valence-corrected chi connectivity index (χ4v) is 7.82. The van der Waals surface area contributed by atoms with E-state index in [2.05, 4.69) is 21.3 Å². The Morgan fingerprint density at radius 3 is 0.795 bits per heavy atom. The molecule has 0 saturated carbocycles. The highest BCUT2D eigenvalue weighted by Crippen LogP contribution is 2.25. The molecule has 0 spiro atoms. The Bertz CT molecular complexity index is 891. The number of nitrogens with one attached hydrogen (secondary N) is 4. The first-order valence-corrected chi connectivity index (χ1v) is 17.9. The summed E-state index contributed by atoms with van der Waals surface area (Å²) in [5.74, 6) is -5.31. The van der Waals surface area contributed by atoms with Gasteiger partial charge in [0.25, 0.3) is 0 Å². The maximum absolute atomic E-state index is 12.5. The van der Waals surface area contributed by atoms with E-state index >= 15 is 0 Å². The zero-order valence-corrected chi connectivity index (χ0v) is 27.8. The molecule has 4 N–H and O–H groups in total. The molecular weight excluding hydrogens is 665 g/mol. The largest absolute Gasteiger partial charge is 0.467 e. The summed E-state index contributed by atoms with van der Waals surface area (Å²) in [4.78, 5) is 98.9. The minimum absolute atomic E-state index is 0.0257. The topological polar surface area (TPSA) is 222 Å². The van der Waals surface area contributed by atoms with Gasteiger partial charge in [0.2, 0.25) is 23.6 Å². The van der Waals surface area contributed by atoms with Gasteiger partial charge in [0, 0.05) is 48.7 Å². The molecule has 0 bridgehead atoms. The van der Waals surface area contributed by atoms with Gasteiger partial charge in [-0.25, -0.2) is 19.2 Å². The molecular formula is C24H36N4O12S4. The van der Waals surface area contributed by atoms with Crippen molar-refractivity contribution in [2.75, 3.05) is 51.5 Å². The smallest absolute Gasteiger partial charge is 0.329 e. The average Bonchev–Trinajstić information content (AvgIpc) is 3.02. The van der Waals surface area contributed by atoms with Crippen LogP contribution < -0.4 is 21.3 Å². The second-order valence-corrected chi connectivity index (χ2v) is 13.8. The summed E-state index contributed by atoms with van der Waals surface area (Å²) in [6, 6.07) is -4.30. The molecule has 44 heavy (non-hydrogen) atoms. The van der Waals surface area contributed by atoms with Crippen molar-refractivity contribution < 1.29 is 57.3 Å². The van der Waals surface area contributed by atoms with E-state index < -0.39 is 71.7 Å². The van der Waals surface area contributed by atoms with Gasteiger partial charge in [-0.2, -0.15) is 0 Å². The quantitative estimate of drug-likeness (QED) is 0.156. The van der Waals surface area contributed by atoms with E-state index in [-0.39, 0.29) is 48.7 Å². The number of hydrogen-bond donors (Lipinski definition) is 4. The van der Waals surface area contributed by atoms with Crippen LogP contribution in [-0.4, -0.2) is 123 Å². The molecule has 1 aliphatic rings. The fourth-order valence-electron chi connectivity index (χ4n) is 3.23. The summed E-state index contributed by atoms with van der Waals surface area (Å²) < 4.78 is 19.0. The summed E-state index contributed by atoms with van der Waals surface area (Å²) in [7, 11) is 9.03. The molecule has 248 valence electrons. The summed E-state index contributed by atoms with van der Waals surface area (Å²) in [5, 5.41) is 9.98. The van der Waals surface area contributed by atoms with E-state index in [4.69, 9.17) is 18.9 Å². The van der Waals surface area contributed by atoms with E-state index in [0.29, 0.717) is 0 Å². The second-order valence-electron chi connectivity index (χ2n) is 8.71. The van der Waals surface area contributed by atoms with Crippen LogP contribution in [0.1, 0.15) is 25.7 Å². The lowest BCUT2D eigenvalue weighted by Crippen LogP contribution is -2.46. The summed E-state index contributed by atoms with van der Waals surface area (Å²) in [6.45, 7) is 0. The minimum atomic E-state index is -1.08. The highest BCUT2D eigenvalue weighted by Gasteiger charge is 2.28. The molecule has 4 atom stereocenters. The first-order chi connectivity index (χ1) is 20.9. The van der Waals surface area contributed by atoms with Gasteiger partial charge in [0.1, 0.15) is 24.2 Å². The Hall–Kier alpha value is -2.84. The van der Waals surface area contributed by atoms with Crippen molar-refractivity contribution in [2.45, 2.75) is 49.9 Å². The van der Waals surface area contributed by atoms with Crippen LogP contribution in [0, 0.1) is 0 Å². The predicted molar refractivity (Wildman–Crippen MR) is 164 cm³/mol. The Morgan fingerprint density at radius 2 is 0.636 bits per heavy atom. The molecule has 20 heteroatoms. The predicted octanol–water partition coefficient (Wildman–Crippen LogP) is -1.05. The van der Waals surface area contributed by atoms with Gasteiger partial charge in [-0.1, -0.05) is 43.2 Å². The minimum Gasteiger partial charge on any atom is -0.467 e. The van der Waals surface area contributed by atoms with Crippen molar-refractivity contribution in [2.24, 2.45) is 0 Å². The maximum atomic E-state index is 12.5. The molecule has 1 aliphatic heterocycles. The van der Waals surface area contributed by atoms with Crippen molar-refractivity contribution >= 4 is 90.7 Å². The van der Waals surface area contributed by atoms with Gasteiger partial charge in [-0.3, -0.25) is 19.2 Å². The van der Waals surface area contributed by atoms with Crippen molar-refractivity contribution in [3.63, 3.8) is 0 Å². The molecule has 1 saturated heterocycles. The van der Waals surface area contributed by atoms with Crippen molar-refractivity contribution in [3.8, 4) is 0 Å². The third kappa shape index (κ3) is 15.2. The van der Waals surface area contributed by atoms with Gasteiger partial charge in [-0.05, 0) is 0 Å². The third-order valence-corrected chi connectivity index (χ3v) is 10.4. The van der Waals surface area contributed by atoms with Crippen molar-refractivity contribution in [1.82, 2.24) is 21.3 Å². The number of methoxy groups -OCH3 is 4. The normalized spacial score (nSPS) is 24.1. The zero-order chi connectivity index (χ0) is 33.1. The van der Waals surface area contributed by atoms with Crippen LogP contribution in [0.15, 0.2) is 0 Å². The number of esters is 4. The van der Waals surface area contributed by atoms with Crippen molar-refractivity contribution in [1.29, 1.82) is 0 Å². The summed E-state index contributed by atoms with van der Waals surface area (Å²) >= 11 is 0. The molecule has 1 heterocycles. The number of hydrogen-bond acceptors (Lipinski definition) is 16. The molecule has 1 rings (SSSR count). The van der Waals surface area contributed by atoms with Crippen LogP contribution in [-0.2, 0) is 57.3 Å². The van der Waals surface area contributed by atoms with Crippen molar-refractivity contribution in [3.05, 3.63) is 0 Å². The number of amides is 4. The SMILES string of the molecule is COC(=O)[C@@H]1CSSC[C@@H](C(=O)OC)NC(=O)CCC(=O)N[C@H](C(=O)OC)CSSC[C@@H](C(=O)OC)NC(=O)CCC(=O)N1. The molecule has 4 amide bonds. The van der Waals surface area contributed by atoms with Gasteiger partial charge in [0.05, 0.1) is 28.4 Å². The lowest BCUT2D eigenvalue weighted by molar-refractivity contribution is -0.145. The summed E-state index contributed by atoms with van der Waals surface area (Å²) in [6.07, 6.45) is -1.21. The van der Waals surface area contributed by atoms with E-state index in [1.807, 2.05) is 0 Å². The van der Waals surface area contributed by atoms with Gasteiger partial charge in [0.15, 0.2) is 0 Å². The maximum Gasteiger partial charge on any atom is 0.329 e. The third-order valence-electron chi connectivity index (χ3n) is 5.55. The first-order valence-electron chi connectivity index (χ1n) is 12.9. The monoisotopic (exact) mass is 700 g/mol. The molecule has 1 fully saturated rings. The van der Waals surface area contributed by atoms with Gasteiger partial charge in [-0.15, -0.1) is 0 Å². The molecule has 0 aromatic carbocycles. The molecule has 0 aliphatic carbocycles. The Balaban J connectivity index is 3.08. The van der Waals surface area contributed by atoms with Crippen LogP contribution in [0.2, 0.25) is 0 Å². The van der Waals surface area contributed by atoms with Crippen LogP contribution in [0.4, 0.5) is 0 Å². The Kier molecular flexibility index (Phi) is 19.4. The molecule has 0 aromatic heterocycles. The van der Waals surface area contributed by atoms with E-state index in [1.54, 1.807) is 0 Å². The Labute approximate surface area is 269 Å². The second kappa shape index (κ2) is 21.8. The molecule has 16 nitrogen and oxygen atoms in total. The van der Waals surface area contributed by atoms with Crippen LogP contribution in [0.5, 0.6) is 0 Å². The van der Waals surface area contributed by atoms with E-state index in [9.17, 15) is 38.4 Å². The average molecular weight is 701 g/mol. The highest BCUT2D eigenvalue weighted by molar-refractivity contribution is 8.77. The van der Waals surface area contributed by atoms with Crippen LogP contribution >= 0.6 is 43.2 Å². The van der Waals surface area contributed by atoms with Crippen LogP contribution in [0.3, 0.4) is 0 Å². The zero-order valence-electron chi connectivity index (χ0n) is 24.5. The number of carbonyl (C=O) groups excluding carboxylic acids is 8. The molecule has 0 radical (unpaired) electrons. The molecule has 0 aromatic rings. The first kappa shape index (κ1) is 39.2. The number of rotatable bonds is 4.